The summed E-state index contributed by atoms with van der Waals surface area (Å²) in [6, 6.07) is 10.6. The maximum atomic E-state index is 13.1. The Morgan fingerprint density at radius 1 is 1.14 bits per heavy atom. The first-order valence-corrected chi connectivity index (χ1v) is 7.39. The van der Waals surface area contributed by atoms with Gasteiger partial charge in [0, 0.05) is 29.8 Å². The van der Waals surface area contributed by atoms with Crippen LogP contribution in [0.4, 0.5) is 4.39 Å². The Kier molecular flexibility index (Phi) is 4.73. The highest BCUT2D eigenvalue weighted by atomic mass is 19.1. The van der Waals surface area contributed by atoms with E-state index in [0.717, 1.165) is 17.7 Å². The topological polar surface area (TPSA) is 38.9 Å². The summed E-state index contributed by atoms with van der Waals surface area (Å²) in [7, 11) is 0. The van der Waals surface area contributed by atoms with Crippen LogP contribution < -0.4 is 5.73 Å². The molecular formula is C18H23FN2. The van der Waals surface area contributed by atoms with Gasteiger partial charge in [0.15, 0.2) is 0 Å². The molecule has 1 aromatic heterocycles. The van der Waals surface area contributed by atoms with Gasteiger partial charge in [0.1, 0.15) is 5.82 Å². The van der Waals surface area contributed by atoms with Crippen molar-refractivity contribution in [3.05, 3.63) is 65.2 Å². The highest BCUT2D eigenvalue weighted by molar-refractivity contribution is 5.27. The number of pyridine rings is 1. The van der Waals surface area contributed by atoms with E-state index in [1.165, 1.54) is 17.7 Å². The van der Waals surface area contributed by atoms with Crippen molar-refractivity contribution >= 4 is 0 Å². The molecule has 1 aromatic carbocycles. The van der Waals surface area contributed by atoms with Crippen LogP contribution in [-0.4, -0.2) is 11.0 Å². The molecule has 0 saturated heterocycles. The minimum Gasteiger partial charge on any atom is -0.327 e. The summed E-state index contributed by atoms with van der Waals surface area (Å²) in [6.07, 6.45) is 3.60. The number of halogens is 1. The summed E-state index contributed by atoms with van der Waals surface area (Å²) in [5.74, 6) is -0.222. The number of hydrogen-bond acceptors (Lipinski definition) is 2. The average Bonchev–Trinajstić information content (AvgIpc) is 2.48. The number of aryl methyl sites for hydroxylation is 1. The van der Waals surface area contributed by atoms with E-state index in [-0.39, 0.29) is 17.3 Å². The van der Waals surface area contributed by atoms with Crippen LogP contribution in [0.3, 0.4) is 0 Å². The zero-order valence-electron chi connectivity index (χ0n) is 12.9. The van der Waals surface area contributed by atoms with E-state index in [0.29, 0.717) is 6.42 Å². The van der Waals surface area contributed by atoms with Crippen LogP contribution in [0.2, 0.25) is 0 Å². The van der Waals surface area contributed by atoms with E-state index >= 15 is 0 Å². The maximum Gasteiger partial charge on any atom is 0.123 e. The van der Waals surface area contributed by atoms with Gasteiger partial charge in [0.25, 0.3) is 0 Å². The molecule has 3 heteroatoms. The number of nitrogens with zero attached hydrogens (tertiary/aromatic N) is 1. The van der Waals surface area contributed by atoms with Crippen molar-refractivity contribution in [1.29, 1.82) is 0 Å². The van der Waals surface area contributed by atoms with E-state index in [2.05, 4.69) is 31.8 Å². The first-order chi connectivity index (χ1) is 9.93. The SMILES string of the molecule is CCc1ccc(CC(N)C(C)(C)c2ccc(F)cc2)nc1. The van der Waals surface area contributed by atoms with Crippen LogP contribution in [0.25, 0.3) is 0 Å². The average molecular weight is 286 g/mol. The van der Waals surface area contributed by atoms with Crippen LogP contribution in [0, 0.1) is 5.82 Å². The quantitative estimate of drug-likeness (QED) is 0.911. The summed E-state index contributed by atoms with van der Waals surface area (Å²) in [5.41, 5.74) is 9.42. The molecule has 1 atom stereocenters. The number of nitrogens with two attached hydrogens (primary N) is 1. The number of aromatic nitrogens is 1. The molecule has 112 valence electrons. The van der Waals surface area contributed by atoms with Gasteiger partial charge in [0.2, 0.25) is 0 Å². The van der Waals surface area contributed by atoms with Crippen molar-refractivity contribution in [3.8, 4) is 0 Å². The third-order valence-corrected chi connectivity index (χ3v) is 4.24. The second kappa shape index (κ2) is 6.35. The normalized spacial score (nSPS) is 13.2. The number of benzene rings is 1. The molecular weight excluding hydrogens is 263 g/mol. The van der Waals surface area contributed by atoms with E-state index < -0.39 is 0 Å². The Labute approximate surface area is 126 Å². The van der Waals surface area contributed by atoms with Crippen molar-refractivity contribution in [3.63, 3.8) is 0 Å². The van der Waals surface area contributed by atoms with Gasteiger partial charge in [-0.05, 0) is 35.7 Å². The van der Waals surface area contributed by atoms with Gasteiger partial charge in [-0.25, -0.2) is 4.39 Å². The Balaban J connectivity index is 2.13. The fraction of sp³-hybridized carbons (Fsp3) is 0.389. The Hall–Kier alpha value is -1.74. The molecule has 0 aliphatic heterocycles. The molecule has 2 N–H and O–H groups in total. The highest BCUT2D eigenvalue weighted by Gasteiger charge is 2.28. The first-order valence-electron chi connectivity index (χ1n) is 7.39. The van der Waals surface area contributed by atoms with Gasteiger partial charge < -0.3 is 5.73 Å². The lowest BCUT2D eigenvalue weighted by molar-refractivity contribution is 0.403. The molecule has 1 heterocycles. The van der Waals surface area contributed by atoms with Gasteiger partial charge >= 0.3 is 0 Å². The van der Waals surface area contributed by atoms with E-state index in [4.69, 9.17) is 5.73 Å². The fourth-order valence-corrected chi connectivity index (χ4v) is 2.36. The molecule has 1 unspecified atom stereocenters. The summed E-state index contributed by atoms with van der Waals surface area (Å²) in [4.78, 5) is 4.47. The maximum absolute atomic E-state index is 13.1. The first kappa shape index (κ1) is 15.6. The van der Waals surface area contributed by atoms with Crippen LogP contribution in [-0.2, 0) is 18.3 Å². The molecule has 21 heavy (non-hydrogen) atoms. The van der Waals surface area contributed by atoms with Crippen LogP contribution in [0.5, 0.6) is 0 Å². The Bertz CT molecular complexity index is 573. The zero-order chi connectivity index (χ0) is 15.5. The minimum absolute atomic E-state index is 0.0806. The van der Waals surface area contributed by atoms with Crippen LogP contribution in [0.1, 0.15) is 37.6 Å². The van der Waals surface area contributed by atoms with Crippen molar-refractivity contribution < 1.29 is 4.39 Å². The summed E-state index contributed by atoms with van der Waals surface area (Å²) < 4.78 is 13.1. The second-order valence-corrected chi connectivity index (χ2v) is 6.05. The molecule has 2 nitrogen and oxygen atoms in total. The number of rotatable bonds is 5. The van der Waals surface area contributed by atoms with Gasteiger partial charge in [-0.2, -0.15) is 0 Å². The summed E-state index contributed by atoms with van der Waals surface area (Å²) in [5, 5.41) is 0. The van der Waals surface area contributed by atoms with Gasteiger partial charge in [-0.1, -0.05) is 39.0 Å². The second-order valence-electron chi connectivity index (χ2n) is 6.05. The fourth-order valence-electron chi connectivity index (χ4n) is 2.36. The molecule has 0 bridgehead atoms. The van der Waals surface area contributed by atoms with Crippen molar-refractivity contribution in [1.82, 2.24) is 4.98 Å². The van der Waals surface area contributed by atoms with Gasteiger partial charge in [0.05, 0.1) is 0 Å². The third-order valence-electron chi connectivity index (χ3n) is 4.24. The van der Waals surface area contributed by atoms with E-state index in [1.807, 2.05) is 24.4 Å². The van der Waals surface area contributed by atoms with Crippen LogP contribution >= 0.6 is 0 Å². The van der Waals surface area contributed by atoms with E-state index in [1.54, 1.807) is 0 Å². The summed E-state index contributed by atoms with van der Waals surface area (Å²) >= 11 is 0. The van der Waals surface area contributed by atoms with Crippen LogP contribution in [0.15, 0.2) is 42.6 Å². The van der Waals surface area contributed by atoms with E-state index in [9.17, 15) is 4.39 Å². The molecule has 0 radical (unpaired) electrons. The molecule has 0 fully saturated rings. The molecule has 0 spiro atoms. The predicted molar refractivity (Wildman–Crippen MR) is 84.7 cm³/mol. The molecule has 0 aliphatic carbocycles. The lowest BCUT2D eigenvalue weighted by atomic mass is 9.76. The van der Waals surface area contributed by atoms with Gasteiger partial charge in [-0.3, -0.25) is 4.98 Å². The lowest BCUT2D eigenvalue weighted by Gasteiger charge is -2.32. The molecule has 0 aliphatic rings. The van der Waals surface area contributed by atoms with Gasteiger partial charge in [-0.15, -0.1) is 0 Å². The molecule has 0 amide bonds. The standard InChI is InChI=1S/C18H23FN2/c1-4-13-5-10-16(21-12-13)11-17(20)18(2,3)14-6-8-15(19)9-7-14/h5-10,12,17H,4,11,20H2,1-3H3. The minimum atomic E-state index is -0.237. The lowest BCUT2D eigenvalue weighted by Crippen LogP contribution is -2.42. The Morgan fingerprint density at radius 3 is 2.33 bits per heavy atom. The van der Waals surface area contributed by atoms with Crippen molar-refractivity contribution in [2.75, 3.05) is 0 Å². The zero-order valence-corrected chi connectivity index (χ0v) is 12.9. The smallest absolute Gasteiger partial charge is 0.123 e. The third kappa shape index (κ3) is 3.67. The highest BCUT2D eigenvalue weighted by Crippen LogP contribution is 2.27. The molecule has 2 rings (SSSR count). The van der Waals surface area contributed by atoms with Crippen molar-refractivity contribution in [2.45, 2.75) is 45.1 Å². The van der Waals surface area contributed by atoms with Crippen molar-refractivity contribution in [2.24, 2.45) is 5.73 Å². The Morgan fingerprint density at radius 2 is 1.81 bits per heavy atom. The predicted octanol–water partition coefficient (Wildman–Crippen LogP) is 3.63. The molecule has 2 aromatic rings. The largest absolute Gasteiger partial charge is 0.327 e. The molecule has 0 saturated carbocycles. The number of hydrogen-bond donors (Lipinski definition) is 1. The monoisotopic (exact) mass is 286 g/mol. The summed E-state index contributed by atoms with van der Waals surface area (Å²) in [6.45, 7) is 6.29.